The van der Waals surface area contributed by atoms with Crippen LogP contribution < -0.4 is 14.5 Å². The molecule has 7 heteroatoms. The van der Waals surface area contributed by atoms with Gasteiger partial charge in [-0.05, 0) is 34.2 Å². The maximum absolute atomic E-state index is 5.23. The first-order valence-corrected chi connectivity index (χ1v) is 9.43. The van der Waals surface area contributed by atoms with Crippen molar-refractivity contribution in [2.45, 2.75) is 25.9 Å². The molecule has 1 aliphatic heterocycles. The van der Waals surface area contributed by atoms with E-state index >= 15 is 0 Å². The van der Waals surface area contributed by atoms with E-state index in [0.29, 0.717) is 12.6 Å². The van der Waals surface area contributed by atoms with Gasteiger partial charge in [-0.1, -0.05) is 25.6 Å². The minimum absolute atomic E-state index is 0.341. The van der Waals surface area contributed by atoms with Gasteiger partial charge in [0.1, 0.15) is 38.0 Å². The number of benzene rings is 1. The summed E-state index contributed by atoms with van der Waals surface area (Å²) in [5.74, 6) is 1.85. The number of aromatic nitrogens is 4. The Morgan fingerprint density at radius 1 is 1.23 bits per heavy atom. The summed E-state index contributed by atoms with van der Waals surface area (Å²) in [6, 6.07) is 8.42. The minimum Gasteiger partial charge on any atom is -0.497 e. The molecular formula is C19H30N6O+2. The molecule has 1 atom stereocenters. The van der Waals surface area contributed by atoms with Crippen molar-refractivity contribution in [1.82, 2.24) is 20.2 Å². The summed E-state index contributed by atoms with van der Waals surface area (Å²) in [4.78, 5) is 3.21. The van der Waals surface area contributed by atoms with Crippen LogP contribution in [0.2, 0.25) is 0 Å². The quantitative estimate of drug-likeness (QED) is 0.604. The van der Waals surface area contributed by atoms with Crippen molar-refractivity contribution >= 4 is 0 Å². The maximum Gasteiger partial charge on any atom is 0.209 e. The SMILES string of the molecule is C=CC[NH+]1CC[NH+]([C@@H](CC)c2nnnn2Cc2ccc(OC)cc2)CC1. The van der Waals surface area contributed by atoms with Crippen LogP contribution in [0.25, 0.3) is 0 Å². The molecule has 0 bridgehead atoms. The average molecular weight is 358 g/mol. The van der Waals surface area contributed by atoms with Gasteiger partial charge in [0.05, 0.1) is 20.2 Å². The Morgan fingerprint density at radius 2 is 1.96 bits per heavy atom. The van der Waals surface area contributed by atoms with Crippen molar-refractivity contribution in [2.24, 2.45) is 0 Å². The summed E-state index contributed by atoms with van der Waals surface area (Å²) in [7, 11) is 1.68. The molecule has 1 aromatic carbocycles. The number of tetrazole rings is 1. The molecule has 2 heterocycles. The van der Waals surface area contributed by atoms with E-state index in [1.54, 1.807) is 16.9 Å². The Hall–Kier alpha value is -2.25. The fourth-order valence-corrected chi connectivity index (χ4v) is 3.81. The molecule has 1 aromatic heterocycles. The highest BCUT2D eigenvalue weighted by molar-refractivity contribution is 5.27. The molecule has 0 unspecified atom stereocenters. The number of rotatable bonds is 8. The van der Waals surface area contributed by atoms with Crippen LogP contribution in [-0.2, 0) is 6.54 Å². The third-order valence-electron chi connectivity index (χ3n) is 5.30. The minimum atomic E-state index is 0.341. The smallest absolute Gasteiger partial charge is 0.209 e. The number of hydrogen-bond donors (Lipinski definition) is 2. The van der Waals surface area contributed by atoms with Crippen LogP contribution in [-0.4, -0.2) is 60.0 Å². The molecule has 1 saturated heterocycles. The fraction of sp³-hybridized carbons (Fsp3) is 0.526. The summed E-state index contributed by atoms with van der Waals surface area (Å²) in [5.41, 5.74) is 1.17. The van der Waals surface area contributed by atoms with E-state index in [-0.39, 0.29) is 0 Å². The number of nitrogens with one attached hydrogen (secondary N) is 2. The number of hydrogen-bond acceptors (Lipinski definition) is 4. The van der Waals surface area contributed by atoms with Gasteiger partial charge in [0, 0.05) is 6.42 Å². The van der Waals surface area contributed by atoms with Crippen LogP contribution in [0.15, 0.2) is 36.9 Å². The second-order valence-electron chi connectivity index (χ2n) is 6.90. The first kappa shape index (κ1) is 18.5. The van der Waals surface area contributed by atoms with Crippen LogP contribution in [0, 0.1) is 0 Å². The predicted octanol–water partition coefficient (Wildman–Crippen LogP) is -0.849. The third-order valence-corrected chi connectivity index (χ3v) is 5.30. The van der Waals surface area contributed by atoms with Gasteiger partial charge in [-0.2, -0.15) is 0 Å². The highest BCUT2D eigenvalue weighted by Gasteiger charge is 2.32. The van der Waals surface area contributed by atoms with Crippen LogP contribution in [0.1, 0.15) is 30.8 Å². The average Bonchev–Trinajstić information content (AvgIpc) is 3.12. The largest absolute Gasteiger partial charge is 0.497 e. The van der Waals surface area contributed by atoms with E-state index in [2.05, 4.69) is 41.2 Å². The van der Waals surface area contributed by atoms with E-state index in [1.807, 2.05) is 22.9 Å². The van der Waals surface area contributed by atoms with Gasteiger partial charge < -0.3 is 14.5 Å². The first-order chi connectivity index (χ1) is 12.7. The van der Waals surface area contributed by atoms with E-state index in [1.165, 1.54) is 18.7 Å². The summed E-state index contributed by atoms with van der Waals surface area (Å²) in [6.07, 6.45) is 3.06. The molecule has 140 valence electrons. The molecule has 3 rings (SSSR count). The summed E-state index contributed by atoms with van der Waals surface area (Å²) >= 11 is 0. The van der Waals surface area contributed by atoms with Crippen LogP contribution in [0.5, 0.6) is 5.75 Å². The molecule has 0 aliphatic carbocycles. The molecule has 2 N–H and O–H groups in total. The molecule has 0 saturated carbocycles. The normalized spacial score (nSPS) is 21.3. The Bertz CT molecular complexity index is 690. The second kappa shape index (κ2) is 8.91. The van der Waals surface area contributed by atoms with Gasteiger partial charge in [0.25, 0.3) is 0 Å². The van der Waals surface area contributed by atoms with E-state index in [4.69, 9.17) is 4.74 Å². The summed E-state index contributed by atoms with van der Waals surface area (Å²) in [5, 5.41) is 12.6. The van der Waals surface area contributed by atoms with Gasteiger partial charge in [0.15, 0.2) is 0 Å². The lowest BCUT2D eigenvalue weighted by molar-refractivity contribution is -1.03. The molecule has 2 aromatic rings. The van der Waals surface area contributed by atoms with Crippen molar-refractivity contribution in [3.8, 4) is 5.75 Å². The summed E-state index contributed by atoms with van der Waals surface area (Å²) in [6.45, 7) is 12.5. The van der Waals surface area contributed by atoms with Crippen molar-refractivity contribution < 1.29 is 14.5 Å². The number of quaternary nitrogens is 2. The zero-order valence-corrected chi connectivity index (χ0v) is 15.8. The number of nitrogens with zero attached hydrogens (tertiary/aromatic N) is 4. The Balaban J connectivity index is 1.70. The fourth-order valence-electron chi connectivity index (χ4n) is 3.81. The summed E-state index contributed by atoms with van der Waals surface area (Å²) < 4.78 is 7.18. The first-order valence-electron chi connectivity index (χ1n) is 9.43. The lowest BCUT2D eigenvalue weighted by atomic mass is 10.1. The second-order valence-corrected chi connectivity index (χ2v) is 6.90. The molecule has 0 amide bonds. The zero-order valence-electron chi connectivity index (χ0n) is 15.8. The Kier molecular flexibility index (Phi) is 6.35. The van der Waals surface area contributed by atoms with Gasteiger partial charge in [-0.3, -0.25) is 0 Å². The number of piperazine rings is 1. The van der Waals surface area contributed by atoms with Crippen LogP contribution in [0.3, 0.4) is 0 Å². The standard InChI is InChI=1S/C19H28N6O/c1-4-10-23-11-13-24(14-12-23)18(5-2)19-20-21-22-25(19)15-16-6-8-17(26-3)9-7-16/h4,6-9,18H,1,5,10-15H2,2-3H3/p+2/t18-/m0/s1. The predicted molar refractivity (Wildman–Crippen MR) is 99.4 cm³/mol. The highest BCUT2D eigenvalue weighted by atomic mass is 16.5. The van der Waals surface area contributed by atoms with Gasteiger partial charge in [-0.15, -0.1) is 5.10 Å². The Morgan fingerprint density at radius 3 is 2.58 bits per heavy atom. The van der Waals surface area contributed by atoms with Crippen molar-refractivity contribution in [2.75, 3.05) is 39.8 Å². The maximum atomic E-state index is 5.23. The lowest BCUT2D eigenvalue weighted by Gasteiger charge is -2.33. The molecule has 1 aliphatic rings. The van der Waals surface area contributed by atoms with Crippen LogP contribution in [0.4, 0.5) is 0 Å². The molecular weight excluding hydrogens is 328 g/mol. The number of methoxy groups -OCH3 is 1. The Labute approximate surface area is 155 Å². The van der Waals surface area contributed by atoms with Gasteiger partial charge in [-0.25, -0.2) is 4.68 Å². The van der Waals surface area contributed by atoms with E-state index in [9.17, 15) is 0 Å². The molecule has 26 heavy (non-hydrogen) atoms. The van der Waals surface area contributed by atoms with Crippen LogP contribution >= 0.6 is 0 Å². The van der Waals surface area contributed by atoms with Crippen molar-refractivity contribution in [3.05, 3.63) is 48.3 Å². The van der Waals surface area contributed by atoms with Gasteiger partial charge >= 0.3 is 0 Å². The zero-order chi connectivity index (χ0) is 18.4. The third kappa shape index (κ3) is 4.28. The van der Waals surface area contributed by atoms with E-state index in [0.717, 1.165) is 37.6 Å². The lowest BCUT2D eigenvalue weighted by Crippen LogP contribution is -3.28. The monoisotopic (exact) mass is 358 g/mol. The molecule has 7 nitrogen and oxygen atoms in total. The topological polar surface area (TPSA) is 61.7 Å². The number of ether oxygens (including phenoxy) is 1. The highest BCUT2D eigenvalue weighted by Crippen LogP contribution is 2.14. The van der Waals surface area contributed by atoms with Crippen molar-refractivity contribution in [3.63, 3.8) is 0 Å². The molecule has 1 fully saturated rings. The van der Waals surface area contributed by atoms with Gasteiger partial charge in [0.2, 0.25) is 5.82 Å². The molecule has 0 spiro atoms. The molecule has 0 radical (unpaired) electrons. The van der Waals surface area contributed by atoms with Crippen molar-refractivity contribution in [1.29, 1.82) is 0 Å². The van der Waals surface area contributed by atoms with E-state index < -0.39 is 0 Å².